The summed E-state index contributed by atoms with van der Waals surface area (Å²) < 4.78 is 1.05. The highest BCUT2D eigenvalue weighted by molar-refractivity contribution is 9.10. The van der Waals surface area contributed by atoms with Crippen LogP contribution >= 0.6 is 15.9 Å². The topological polar surface area (TPSA) is 45.8 Å². The van der Waals surface area contributed by atoms with Crippen molar-refractivity contribution in [2.45, 2.75) is 18.8 Å². The SMILES string of the molecule is Bc1cc(Br)cc(CC(C)(c2ccc3ccccc3n2)c2cccc(=O)[nH]2)c1. The molecule has 0 saturated carbocycles. The number of H-pyrrole nitrogens is 1. The molecule has 2 heterocycles. The number of fused-ring (bicyclic) bond motifs is 1. The van der Waals surface area contributed by atoms with Crippen LogP contribution in [0, 0.1) is 0 Å². The molecule has 4 rings (SSSR count). The van der Waals surface area contributed by atoms with Gasteiger partial charge in [-0.25, -0.2) is 0 Å². The van der Waals surface area contributed by atoms with E-state index in [4.69, 9.17) is 4.98 Å². The van der Waals surface area contributed by atoms with Crippen LogP contribution in [-0.4, -0.2) is 17.8 Å². The molecule has 3 nitrogen and oxygen atoms in total. The van der Waals surface area contributed by atoms with Crippen LogP contribution in [0.3, 0.4) is 0 Å². The van der Waals surface area contributed by atoms with Crippen molar-refractivity contribution in [3.63, 3.8) is 0 Å². The second-order valence-electron chi connectivity index (χ2n) is 7.46. The van der Waals surface area contributed by atoms with Gasteiger partial charge in [-0.05, 0) is 43.2 Å². The van der Waals surface area contributed by atoms with Gasteiger partial charge in [-0.1, -0.05) is 63.9 Å². The molecule has 4 aromatic rings. The molecule has 0 saturated heterocycles. The van der Waals surface area contributed by atoms with Crippen molar-refractivity contribution in [1.29, 1.82) is 0 Å². The van der Waals surface area contributed by atoms with Crippen LogP contribution in [0.25, 0.3) is 10.9 Å². The van der Waals surface area contributed by atoms with Crippen LogP contribution in [0.5, 0.6) is 0 Å². The standard InChI is InChI=1S/C23H20BBrN2O/c1-23(20-7-4-8-22(28)27-20,14-15-11-17(24)13-18(25)12-15)21-10-9-16-5-2-3-6-19(16)26-21/h2-13H,14,24H2,1H3,(H,27,28). The lowest BCUT2D eigenvalue weighted by molar-refractivity contribution is 0.532. The van der Waals surface area contributed by atoms with Crippen LogP contribution in [0.15, 0.2) is 82.1 Å². The molecule has 0 radical (unpaired) electrons. The largest absolute Gasteiger partial charge is 0.325 e. The van der Waals surface area contributed by atoms with Gasteiger partial charge in [0.05, 0.1) is 16.6 Å². The van der Waals surface area contributed by atoms with Gasteiger partial charge in [-0.2, -0.15) is 0 Å². The first kappa shape index (κ1) is 18.7. The molecule has 0 amide bonds. The lowest BCUT2D eigenvalue weighted by Gasteiger charge is -2.30. The zero-order valence-electron chi connectivity index (χ0n) is 15.9. The molecule has 0 spiro atoms. The minimum Gasteiger partial charge on any atom is -0.325 e. The second kappa shape index (κ2) is 7.40. The number of rotatable bonds is 4. The molecule has 1 N–H and O–H groups in total. The van der Waals surface area contributed by atoms with E-state index in [0.717, 1.165) is 33.2 Å². The molecule has 0 bridgehead atoms. The van der Waals surface area contributed by atoms with E-state index in [-0.39, 0.29) is 5.56 Å². The van der Waals surface area contributed by atoms with E-state index in [1.807, 2.05) is 24.3 Å². The maximum absolute atomic E-state index is 12.1. The second-order valence-corrected chi connectivity index (χ2v) is 8.38. The van der Waals surface area contributed by atoms with Crippen molar-refractivity contribution in [2.75, 3.05) is 0 Å². The van der Waals surface area contributed by atoms with Crippen molar-refractivity contribution in [3.05, 3.63) is 105 Å². The maximum Gasteiger partial charge on any atom is 0.248 e. The summed E-state index contributed by atoms with van der Waals surface area (Å²) in [6.07, 6.45) is 0.721. The van der Waals surface area contributed by atoms with Crippen molar-refractivity contribution < 1.29 is 0 Å². The Kier molecular flexibility index (Phi) is 4.94. The van der Waals surface area contributed by atoms with Gasteiger partial charge in [-0.3, -0.25) is 9.78 Å². The van der Waals surface area contributed by atoms with Crippen LogP contribution in [-0.2, 0) is 11.8 Å². The molecular formula is C23H20BBrN2O. The molecule has 2 aromatic carbocycles. The van der Waals surface area contributed by atoms with E-state index in [9.17, 15) is 4.79 Å². The fourth-order valence-electron chi connectivity index (χ4n) is 3.79. The maximum atomic E-state index is 12.1. The molecule has 138 valence electrons. The Morgan fingerprint density at radius 1 is 1.04 bits per heavy atom. The van der Waals surface area contributed by atoms with E-state index in [1.54, 1.807) is 12.1 Å². The first-order valence-corrected chi connectivity index (χ1v) is 10.1. The molecule has 2 aromatic heterocycles. The van der Waals surface area contributed by atoms with Gasteiger partial charge in [0, 0.05) is 21.6 Å². The zero-order valence-corrected chi connectivity index (χ0v) is 17.5. The van der Waals surface area contributed by atoms with Crippen molar-refractivity contribution in [2.24, 2.45) is 0 Å². The van der Waals surface area contributed by atoms with Gasteiger partial charge in [-0.15, -0.1) is 0 Å². The van der Waals surface area contributed by atoms with E-state index >= 15 is 0 Å². The Labute approximate surface area is 173 Å². The number of nitrogens with one attached hydrogen (secondary N) is 1. The number of benzene rings is 2. The third-order valence-corrected chi connectivity index (χ3v) is 5.64. The predicted octanol–water partition coefficient (Wildman–Crippen LogP) is 3.49. The Morgan fingerprint density at radius 3 is 2.64 bits per heavy atom. The lowest BCUT2D eigenvalue weighted by atomic mass is 9.76. The molecule has 28 heavy (non-hydrogen) atoms. The molecule has 0 aliphatic heterocycles. The molecule has 0 fully saturated rings. The highest BCUT2D eigenvalue weighted by Gasteiger charge is 2.32. The Morgan fingerprint density at radius 2 is 1.86 bits per heavy atom. The van der Waals surface area contributed by atoms with Gasteiger partial charge < -0.3 is 4.98 Å². The van der Waals surface area contributed by atoms with Gasteiger partial charge in [0.15, 0.2) is 0 Å². The summed E-state index contributed by atoms with van der Waals surface area (Å²) in [5, 5.41) is 1.11. The van der Waals surface area contributed by atoms with Gasteiger partial charge >= 0.3 is 0 Å². The monoisotopic (exact) mass is 430 g/mol. The molecular weight excluding hydrogens is 411 g/mol. The average molecular weight is 431 g/mol. The minimum atomic E-state index is -0.475. The van der Waals surface area contributed by atoms with Crippen molar-refractivity contribution in [3.8, 4) is 0 Å². The molecule has 5 heteroatoms. The van der Waals surface area contributed by atoms with Gasteiger partial charge in [0.25, 0.3) is 0 Å². The Bertz CT molecular complexity index is 1200. The smallest absolute Gasteiger partial charge is 0.248 e. The minimum absolute atomic E-state index is 0.102. The zero-order chi connectivity index (χ0) is 19.7. The lowest BCUT2D eigenvalue weighted by Crippen LogP contribution is -2.31. The Balaban J connectivity index is 1.90. The van der Waals surface area contributed by atoms with E-state index < -0.39 is 5.41 Å². The van der Waals surface area contributed by atoms with Crippen LogP contribution < -0.4 is 11.0 Å². The van der Waals surface area contributed by atoms with Crippen LogP contribution in [0.4, 0.5) is 0 Å². The molecule has 0 aliphatic carbocycles. The van der Waals surface area contributed by atoms with Gasteiger partial charge in [0.2, 0.25) is 5.56 Å². The number of nitrogens with zero attached hydrogens (tertiary/aromatic N) is 1. The fourth-order valence-corrected chi connectivity index (χ4v) is 4.44. The molecule has 1 atom stereocenters. The summed E-state index contributed by atoms with van der Waals surface area (Å²) in [7, 11) is 2.09. The number of aromatic nitrogens is 2. The number of hydrogen-bond donors (Lipinski definition) is 1. The molecule has 1 unspecified atom stereocenters. The highest BCUT2D eigenvalue weighted by Crippen LogP contribution is 2.34. The molecule has 0 aliphatic rings. The third kappa shape index (κ3) is 3.67. The van der Waals surface area contributed by atoms with E-state index in [1.165, 1.54) is 11.0 Å². The van der Waals surface area contributed by atoms with Gasteiger partial charge in [0.1, 0.15) is 7.85 Å². The highest BCUT2D eigenvalue weighted by atomic mass is 79.9. The quantitative estimate of drug-likeness (QED) is 0.503. The average Bonchev–Trinajstić information content (AvgIpc) is 2.66. The normalized spacial score (nSPS) is 13.4. The van der Waals surface area contributed by atoms with Crippen LogP contribution in [0.2, 0.25) is 0 Å². The predicted molar refractivity (Wildman–Crippen MR) is 121 cm³/mol. The summed E-state index contributed by atoms with van der Waals surface area (Å²) in [4.78, 5) is 20.1. The van der Waals surface area contributed by atoms with E-state index in [0.29, 0.717) is 0 Å². The fraction of sp³-hybridized carbons (Fsp3) is 0.130. The van der Waals surface area contributed by atoms with E-state index in [2.05, 4.69) is 72.1 Å². The Hall–Kier alpha value is -2.66. The summed E-state index contributed by atoms with van der Waals surface area (Å²) in [6.45, 7) is 2.14. The number of pyridine rings is 2. The van der Waals surface area contributed by atoms with Crippen molar-refractivity contribution >= 4 is 40.1 Å². The number of para-hydroxylation sites is 1. The first-order chi connectivity index (χ1) is 13.4. The number of hydrogen-bond acceptors (Lipinski definition) is 2. The first-order valence-electron chi connectivity index (χ1n) is 9.26. The van der Waals surface area contributed by atoms with Crippen molar-refractivity contribution in [1.82, 2.24) is 9.97 Å². The summed E-state index contributed by atoms with van der Waals surface area (Å²) >= 11 is 3.60. The number of aromatic amines is 1. The third-order valence-electron chi connectivity index (χ3n) is 5.19. The summed E-state index contributed by atoms with van der Waals surface area (Å²) in [6, 6.07) is 24.0. The summed E-state index contributed by atoms with van der Waals surface area (Å²) in [5.74, 6) is 0. The summed E-state index contributed by atoms with van der Waals surface area (Å²) in [5.41, 5.74) is 4.56. The van der Waals surface area contributed by atoms with Crippen LogP contribution in [0.1, 0.15) is 23.9 Å². The number of halogens is 1.